The van der Waals surface area contributed by atoms with Gasteiger partial charge in [0.2, 0.25) is 0 Å². The van der Waals surface area contributed by atoms with Gasteiger partial charge in [-0.1, -0.05) is 35.1 Å². The van der Waals surface area contributed by atoms with Gasteiger partial charge in [-0.15, -0.1) is 0 Å². The highest BCUT2D eigenvalue weighted by atomic mass is 35.5. The summed E-state index contributed by atoms with van der Waals surface area (Å²) in [5.41, 5.74) is 2.48. The quantitative estimate of drug-likeness (QED) is 0.208. The van der Waals surface area contributed by atoms with E-state index in [0.29, 0.717) is 33.2 Å². The number of anilines is 1. The smallest absolute Gasteiger partial charge is 0.301 e. The van der Waals surface area contributed by atoms with E-state index >= 15 is 0 Å². The second kappa shape index (κ2) is 8.36. The molecule has 0 aliphatic carbocycles. The van der Waals surface area contributed by atoms with Crippen molar-refractivity contribution in [1.29, 1.82) is 0 Å². The van der Waals surface area contributed by atoms with Crippen molar-refractivity contribution < 1.29 is 24.5 Å². The van der Waals surface area contributed by atoms with E-state index < -0.39 is 17.7 Å². The average molecular weight is 519 g/mol. The molecule has 2 N–H and O–H groups in total. The van der Waals surface area contributed by atoms with Gasteiger partial charge in [0.05, 0.1) is 21.8 Å². The molecule has 2 aliphatic rings. The van der Waals surface area contributed by atoms with Gasteiger partial charge in [0.25, 0.3) is 5.78 Å². The molecule has 180 valence electrons. The van der Waals surface area contributed by atoms with Gasteiger partial charge >= 0.3 is 5.91 Å². The number of aromatic hydroxyl groups is 1. The number of rotatable bonds is 3. The van der Waals surface area contributed by atoms with E-state index in [1.165, 1.54) is 28.4 Å². The Morgan fingerprint density at radius 3 is 2.67 bits per heavy atom. The Bertz CT molecular complexity index is 1590. The van der Waals surface area contributed by atoms with E-state index in [0.717, 1.165) is 16.0 Å². The number of halogens is 1. The first-order chi connectivity index (χ1) is 17.3. The first-order valence-corrected chi connectivity index (χ1v) is 12.5. The molecular weight excluding hydrogens is 500 g/mol. The van der Waals surface area contributed by atoms with Gasteiger partial charge in [-0.05, 0) is 66.6 Å². The minimum Gasteiger partial charge on any atom is -0.508 e. The van der Waals surface area contributed by atoms with Crippen LogP contribution in [0.15, 0.2) is 66.2 Å². The number of benzene rings is 3. The third-order valence-electron chi connectivity index (χ3n) is 6.37. The van der Waals surface area contributed by atoms with E-state index in [9.17, 15) is 19.8 Å². The maximum Gasteiger partial charge on any atom is 0.301 e. The Hall–Kier alpha value is -3.88. The molecule has 0 bridgehead atoms. The number of phenols is 1. The van der Waals surface area contributed by atoms with Gasteiger partial charge in [-0.2, -0.15) is 0 Å². The van der Waals surface area contributed by atoms with Crippen molar-refractivity contribution in [2.24, 2.45) is 0 Å². The molecular formula is C27H19ClN2O5S. The second-order valence-electron chi connectivity index (χ2n) is 8.82. The van der Waals surface area contributed by atoms with Crippen molar-refractivity contribution in [3.05, 3.63) is 87.9 Å². The van der Waals surface area contributed by atoms with Crippen molar-refractivity contribution in [3.63, 3.8) is 0 Å². The van der Waals surface area contributed by atoms with Crippen LogP contribution in [-0.2, 0) is 16.0 Å². The normalized spacial score (nSPS) is 20.7. The number of hydrogen-bond acceptors (Lipinski definition) is 7. The van der Waals surface area contributed by atoms with Crippen LogP contribution in [0.2, 0.25) is 5.02 Å². The number of fused-ring (bicyclic) bond motifs is 2. The lowest BCUT2D eigenvalue weighted by molar-refractivity contribution is -0.132. The van der Waals surface area contributed by atoms with E-state index in [1.807, 2.05) is 6.92 Å². The summed E-state index contributed by atoms with van der Waals surface area (Å²) < 4.78 is 6.51. The molecule has 6 rings (SSSR count). The molecule has 1 amide bonds. The van der Waals surface area contributed by atoms with Crippen LogP contribution in [0.4, 0.5) is 5.13 Å². The molecule has 3 aromatic carbocycles. The monoisotopic (exact) mass is 518 g/mol. The van der Waals surface area contributed by atoms with Gasteiger partial charge in [0.1, 0.15) is 23.4 Å². The number of amides is 1. The third-order valence-corrected chi connectivity index (χ3v) is 7.62. The summed E-state index contributed by atoms with van der Waals surface area (Å²) in [7, 11) is 0. The third kappa shape index (κ3) is 3.61. The van der Waals surface area contributed by atoms with Gasteiger partial charge in [-0.25, -0.2) is 4.98 Å². The van der Waals surface area contributed by atoms with Gasteiger partial charge in [0.15, 0.2) is 5.13 Å². The summed E-state index contributed by atoms with van der Waals surface area (Å²) in [6.45, 7) is 1.96. The van der Waals surface area contributed by atoms with Crippen molar-refractivity contribution in [3.8, 4) is 11.5 Å². The first kappa shape index (κ1) is 22.6. The fourth-order valence-corrected chi connectivity index (χ4v) is 5.98. The lowest BCUT2D eigenvalue weighted by Gasteiger charge is -2.23. The van der Waals surface area contributed by atoms with Crippen LogP contribution in [0.3, 0.4) is 0 Å². The number of aromatic nitrogens is 1. The number of aliphatic hydroxyl groups is 1. The Balaban J connectivity index is 1.53. The molecule has 0 unspecified atom stereocenters. The maximum absolute atomic E-state index is 13.4. The zero-order valence-electron chi connectivity index (χ0n) is 18.9. The largest absolute Gasteiger partial charge is 0.508 e. The molecule has 7 nitrogen and oxygen atoms in total. The maximum atomic E-state index is 13.4. The summed E-state index contributed by atoms with van der Waals surface area (Å²) in [5, 5.41) is 22.1. The van der Waals surface area contributed by atoms with Gasteiger partial charge < -0.3 is 14.9 Å². The number of carbonyl (C=O) groups is 2. The highest BCUT2D eigenvalue weighted by Gasteiger charge is 2.48. The van der Waals surface area contributed by atoms with Crippen LogP contribution in [0.1, 0.15) is 29.7 Å². The highest BCUT2D eigenvalue weighted by molar-refractivity contribution is 7.22. The lowest BCUT2D eigenvalue weighted by Crippen LogP contribution is -2.29. The van der Waals surface area contributed by atoms with E-state index in [1.54, 1.807) is 48.5 Å². The first-order valence-electron chi connectivity index (χ1n) is 11.3. The van der Waals surface area contributed by atoms with Crippen LogP contribution < -0.4 is 9.64 Å². The Kier molecular flexibility index (Phi) is 5.24. The lowest BCUT2D eigenvalue weighted by atomic mass is 9.94. The fraction of sp³-hybridized carbons (Fsp3) is 0.148. The topological polar surface area (TPSA) is 100.0 Å². The molecule has 4 aromatic rings. The minimum absolute atomic E-state index is 0.0208. The molecule has 0 saturated carbocycles. The Labute approximate surface area is 214 Å². The van der Waals surface area contributed by atoms with E-state index in [2.05, 4.69) is 4.98 Å². The Morgan fingerprint density at radius 1 is 1.11 bits per heavy atom. The number of ketones is 1. The molecule has 2 aliphatic heterocycles. The summed E-state index contributed by atoms with van der Waals surface area (Å²) >= 11 is 7.36. The number of Topliss-reactive ketones (excluding diaryl/α,β-unsaturated/α-hetero) is 1. The SMILES string of the molecule is C[C@@H]1Cc2cc(/C(O)=C3\C(=O)C(=O)N(c4nc5ccc(Cl)cc5s4)[C@@H]3c3ccc(O)cc3)ccc2O1. The molecule has 9 heteroatoms. The summed E-state index contributed by atoms with van der Waals surface area (Å²) in [6, 6.07) is 15.7. The van der Waals surface area contributed by atoms with Crippen LogP contribution in [0.25, 0.3) is 16.0 Å². The van der Waals surface area contributed by atoms with E-state index in [4.69, 9.17) is 16.3 Å². The van der Waals surface area contributed by atoms with Gasteiger partial charge in [-0.3, -0.25) is 14.5 Å². The van der Waals surface area contributed by atoms with Crippen LogP contribution in [-0.4, -0.2) is 33.0 Å². The summed E-state index contributed by atoms with van der Waals surface area (Å²) in [4.78, 5) is 32.6. The van der Waals surface area contributed by atoms with Crippen molar-refractivity contribution in [1.82, 2.24) is 4.98 Å². The average Bonchev–Trinajstić information content (AvgIpc) is 3.51. The number of aliphatic hydroxyl groups excluding tert-OH is 1. The van der Waals surface area contributed by atoms with Crippen LogP contribution in [0.5, 0.6) is 11.5 Å². The molecule has 0 radical (unpaired) electrons. The predicted octanol–water partition coefficient (Wildman–Crippen LogP) is 5.61. The van der Waals surface area contributed by atoms with Crippen LogP contribution >= 0.6 is 22.9 Å². The molecule has 0 spiro atoms. The number of phenolic OH excluding ortho intramolecular Hbond substituents is 1. The number of ether oxygens (including phenoxy) is 1. The van der Waals surface area contributed by atoms with Crippen molar-refractivity contribution in [2.75, 3.05) is 4.90 Å². The molecule has 1 fully saturated rings. The van der Waals surface area contributed by atoms with Crippen molar-refractivity contribution >= 4 is 55.7 Å². The van der Waals surface area contributed by atoms with Gasteiger partial charge in [0, 0.05) is 17.0 Å². The molecule has 3 heterocycles. The number of carbonyl (C=O) groups excluding carboxylic acids is 2. The second-order valence-corrected chi connectivity index (χ2v) is 10.3. The predicted molar refractivity (Wildman–Crippen MR) is 138 cm³/mol. The molecule has 1 saturated heterocycles. The highest BCUT2D eigenvalue weighted by Crippen LogP contribution is 2.45. The number of nitrogens with zero attached hydrogens (tertiary/aromatic N) is 2. The number of hydrogen-bond donors (Lipinski definition) is 2. The molecule has 1 aromatic heterocycles. The van der Waals surface area contributed by atoms with Crippen LogP contribution in [0, 0.1) is 0 Å². The summed E-state index contributed by atoms with van der Waals surface area (Å²) in [5.74, 6) is -1.10. The molecule has 2 atom stereocenters. The van der Waals surface area contributed by atoms with E-state index in [-0.39, 0.29) is 23.2 Å². The minimum atomic E-state index is -0.940. The van der Waals surface area contributed by atoms with Crippen molar-refractivity contribution in [2.45, 2.75) is 25.5 Å². The number of thiazole rings is 1. The zero-order valence-corrected chi connectivity index (χ0v) is 20.5. The summed E-state index contributed by atoms with van der Waals surface area (Å²) in [6.07, 6.45) is 0.702. The fourth-order valence-electron chi connectivity index (χ4n) is 4.72. The standard InChI is InChI=1S/C27H19ClN2O5S/c1-13-10-16-11-15(4-9-20(16)35-13)24(32)22-23(14-2-6-18(31)7-3-14)30(26(34)25(22)33)27-29-19-8-5-17(28)12-21(19)36-27/h2-9,11-13,23,31-32H,10H2,1H3/b24-22+/t13-,23-/m1/s1. The molecule has 36 heavy (non-hydrogen) atoms. The Morgan fingerprint density at radius 2 is 1.89 bits per heavy atom. The zero-order chi connectivity index (χ0) is 25.1.